The van der Waals surface area contributed by atoms with E-state index in [2.05, 4.69) is 0 Å². The molecule has 0 bridgehead atoms. The number of nitrogens with zero attached hydrogens (tertiary/aromatic N) is 1. The minimum Gasteiger partial charge on any atom is -0.480 e. The van der Waals surface area contributed by atoms with Crippen molar-refractivity contribution < 1.29 is 35.4 Å². The van der Waals surface area contributed by atoms with Gasteiger partial charge in [-0.3, -0.25) is 9.59 Å². The second kappa shape index (κ2) is 9.50. The van der Waals surface area contributed by atoms with Crippen molar-refractivity contribution in [2.75, 3.05) is 13.3 Å². The molecule has 1 saturated heterocycles. The van der Waals surface area contributed by atoms with E-state index >= 15 is 0 Å². The summed E-state index contributed by atoms with van der Waals surface area (Å²) in [6.07, 6.45) is 2.74. The number of ketones is 1. The number of benzene rings is 3. The van der Waals surface area contributed by atoms with Gasteiger partial charge in [0, 0.05) is 15.8 Å². The summed E-state index contributed by atoms with van der Waals surface area (Å²) < 4.78 is 38.3. The molecule has 1 aliphatic carbocycles. The van der Waals surface area contributed by atoms with Crippen LogP contribution in [0.2, 0.25) is 0 Å². The van der Waals surface area contributed by atoms with Gasteiger partial charge < -0.3 is 14.6 Å². The SMILES string of the molecule is Cc1ccc(CC(=O)C2(c3ccc4c(c3)OCO4)CC2)cc1-c1ccc(S(=O)(=O)N2CCC[C@H]2C(=O)O)cc1.[HH].[HH]. The lowest BCUT2D eigenvalue weighted by molar-refractivity contribution is -0.140. The summed E-state index contributed by atoms with van der Waals surface area (Å²) in [6.45, 7) is 2.37. The van der Waals surface area contributed by atoms with Crippen LogP contribution in [0.3, 0.4) is 0 Å². The maximum absolute atomic E-state index is 13.5. The van der Waals surface area contributed by atoms with Crippen LogP contribution in [0.15, 0.2) is 65.6 Å². The summed E-state index contributed by atoms with van der Waals surface area (Å²) >= 11 is 0. The summed E-state index contributed by atoms with van der Waals surface area (Å²) in [5.74, 6) is 0.418. The molecule has 2 aliphatic heterocycles. The van der Waals surface area contributed by atoms with Gasteiger partial charge in [0.1, 0.15) is 11.8 Å². The molecule has 2 fully saturated rings. The molecule has 0 radical (unpaired) electrons. The molecule has 1 N–H and O–H groups in total. The molecule has 0 aromatic heterocycles. The summed E-state index contributed by atoms with van der Waals surface area (Å²) in [5.41, 5.74) is 4.11. The molecule has 3 aromatic carbocycles. The average Bonchev–Trinajstić information content (AvgIpc) is 3.34. The lowest BCUT2D eigenvalue weighted by Gasteiger charge is -2.21. The van der Waals surface area contributed by atoms with E-state index in [4.69, 9.17) is 9.47 Å². The number of fused-ring (bicyclic) bond motifs is 1. The average molecular weight is 552 g/mol. The number of carbonyl (C=O) groups excluding carboxylic acids is 1. The van der Waals surface area contributed by atoms with Gasteiger partial charge >= 0.3 is 5.97 Å². The van der Waals surface area contributed by atoms with Crippen molar-refractivity contribution in [3.8, 4) is 22.6 Å². The van der Waals surface area contributed by atoms with Crippen LogP contribution in [0, 0.1) is 6.92 Å². The highest BCUT2D eigenvalue weighted by Crippen LogP contribution is 2.51. The van der Waals surface area contributed by atoms with Crippen molar-refractivity contribution in [3.63, 3.8) is 0 Å². The molecule has 9 heteroatoms. The summed E-state index contributed by atoms with van der Waals surface area (Å²) in [6, 6.07) is 17.2. The molecular weight excluding hydrogens is 518 g/mol. The fraction of sp³-hybridized carbons (Fsp3) is 0.333. The maximum Gasteiger partial charge on any atom is 0.322 e. The Balaban J connectivity index is 0.00000194. The fourth-order valence-electron chi connectivity index (χ4n) is 5.71. The highest BCUT2D eigenvalue weighted by atomic mass is 32.2. The monoisotopic (exact) mass is 551 g/mol. The molecule has 0 unspecified atom stereocenters. The summed E-state index contributed by atoms with van der Waals surface area (Å²) in [4.78, 5) is 25.1. The molecule has 1 saturated carbocycles. The molecular formula is C30H33NO7S. The van der Waals surface area contributed by atoms with E-state index in [0.29, 0.717) is 30.8 Å². The lowest BCUT2D eigenvalue weighted by atomic mass is 9.87. The number of hydrogen-bond donors (Lipinski definition) is 1. The molecule has 0 amide bonds. The number of Topliss-reactive ketones (excluding diaryl/α,β-unsaturated/α-hetero) is 1. The van der Waals surface area contributed by atoms with Crippen LogP contribution in [-0.2, 0) is 31.4 Å². The van der Waals surface area contributed by atoms with E-state index in [9.17, 15) is 23.1 Å². The number of carbonyl (C=O) groups is 2. The third-order valence-corrected chi connectivity index (χ3v) is 10.1. The van der Waals surface area contributed by atoms with Crippen molar-refractivity contribution in [1.82, 2.24) is 4.31 Å². The summed E-state index contributed by atoms with van der Waals surface area (Å²) in [5, 5.41) is 9.42. The zero-order chi connectivity index (χ0) is 27.4. The third-order valence-electron chi connectivity index (χ3n) is 8.14. The van der Waals surface area contributed by atoms with Crippen LogP contribution in [0.5, 0.6) is 11.5 Å². The predicted octanol–water partition coefficient (Wildman–Crippen LogP) is 4.96. The maximum atomic E-state index is 13.5. The number of carboxylic acids is 1. The zero-order valence-electron chi connectivity index (χ0n) is 21.6. The largest absolute Gasteiger partial charge is 0.480 e. The number of aryl methyl sites for hydroxylation is 1. The highest BCUT2D eigenvalue weighted by Gasteiger charge is 2.50. The van der Waals surface area contributed by atoms with E-state index < -0.39 is 27.4 Å². The first-order valence-electron chi connectivity index (χ1n) is 13.1. The van der Waals surface area contributed by atoms with Crippen LogP contribution in [0.4, 0.5) is 0 Å². The van der Waals surface area contributed by atoms with Crippen LogP contribution in [0.1, 0.15) is 45.2 Å². The van der Waals surface area contributed by atoms with Gasteiger partial charge in [-0.25, -0.2) is 8.42 Å². The molecule has 0 spiro atoms. The number of hydrogen-bond acceptors (Lipinski definition) is 6. The fourth-order valence-corrected chi connectivity index (χ4v) is 7.36. The Bertz CT molecular complexity index is 1590. The van der Waals surface area contributed by atoms with E-state index in [1.807, 2.05) is 43.3 Å². The standard InChI is InChI=1S/C30H29NO7S.2H2/c1-19-4-5-20(16-28(32)30(12-13-30)22-8-11-26-27(17-22)38-18-37-26)15-24(19)21-6-9-23(10-7-21)39(35,36)31-14-2-3-25(31)29(33)34;;/h4-11,15,17,25H,2-3,12-14,16,18H2,1H3,(H,33,34);2*1H/t25-;;/m0../s1. The molecule has 39 heavy (non-hydrogen) atoms. The highest BCUT2D eigenvalue weighted by molar-refractivity contribution is 7.89. The molecule has 1 atom stereocenters. The van der Waals surface area contributed by atoms with Gasteiger partial charge in [-0.05, 0) is 84.7 Å². The van der Waals surface area contributed by atoms with Crippen molar-refractivity contribution in [2.24, 2.45) is 0 Å². The predicted molar refractivity (Wildman–Crippen MR) is 148 cm³/mol. The molecule has 3 aliphatic rings. The van der Waals surface area contributed by atoms with E-state index in [1.165, 1.54) is 12.1 Å². The molecule has 206 valence electrons. The molecule has 2 heterocycles. The minimum atomic E-state index is -3.91. The Morgan fingerprint density at radius 2 is 1.77 bits per heavy atom. The van der Waals surface area contributed by atoms with Crippen molar-refractivity contribution in [3.05, 3.63) is 77.4 Å². The first-order valence-corrected chi connectivity index (χ1v) is 14.5. The van der Waals surface area contributed by atoms with Gasteiger partial charge in [0.25, 0.3) is 0 Å². The van der Waals surface area contributed by atoms with Gasteiger partial charge in [-0.15, -0.1) is 0 Å². The normalized spacial score (nSPS) is 19.7. The number of aliphatic carboxylic acids is 1. The topological polar surface area (TPSA) is 110 Å². The zero-order valence-corrected chi connectivity index (χ0v) is 22.4. The van der Waals surface area contributed by atoms with E-state index in [0.717, 1.165) is 45.0 Å². The number of ether oxygens (including phenoxy) is 2. The van der Waals surface area contributed by atoms with Crippen LogP contribution in [0.25, 0.3) is 11.1 Å². The van der Waals surface area contributed by atoms with Gasteiger partial charge in [0.05, 0.1) is 10.3 Å². The number of rotatable bonds is 8. The smallest absolute Gasteiger partial charge is 0.322 e. The number of carboxylic acid groups (broad SMARTS) is 1. The van der Waals surface area contributed by atoms with Crippen LogP contribution in [-0.4, -0.2) is 49.0 Å². The van der Waals surface area contributed by atoms with Gasteiger partial charge in [0.15, 0.2) is 11.5 Å². The minimum absolute atomic E-state index is 0. The summed E-state index contributed by atoms with van der Waals surface area (Å²) in [7, 11) is -3.91. The Kier molecular flexibility index (Phi) is 6.23. The quantitative estimate of drug-likeness (QED) is 0.421. The molecule has 8 nitrogen and oxygen atoms in total. The van der Waals surface area contributed by atoms with Crippen molar-refractivity contribution in [1.29, 1.82) is 0 Å². The second-order valence-electron chi connectivity index (χ2n) is 10.5. The Morgan fingerprint density at radius 3 is 2.49 bits per heavy atom. The lowest BCUT2D eigenvalue weighted by Crippen LogP contribution is -2.40. The third kappa shape index (κ3) is 4.49. The van der Waals surface area contributed by atoms with E-state index in [-0.39, 0.29) is 26.9 Å². The first-order chi connectivity index (χ1) is 18.7. The molecule has 6 rings (SSSR count). The van der Waals surface area contributed by atoms with Crippen molar-refractivity contribution >= 4 is 21.8 Å². The van der Waals surface area contributed by atoms with Gasteiger partial charge in [-0.2, -0.15) is 4.31 Å². The van der Waals surface area contributed by atoms with E-state index in [1.54, 1.807) is 12.1 Å². The van der Waals surface area contributed by atoms with Gasteiger partial charge in [-0.1, -0.05) is 36.4 Å². The van der Waals surface area contributed by atoms with Gasteiger partial charge in [0.2, 0.25) is 16.8 Å². The first kappa shape index (κ1) is 25.6. The Morgan fingerprint density at radius 1 is 1.03 bits per heavy atom. The second-order valence-corrected chi connectivity index (χ2v) is 12.4. The Hall–Kier alpha value is -3.69. The van der Waals surface area contributed by atoms with Crippen LogP contribution >= 0.6 is 0 Å². The Labute approximate surface area is 230 Å². The number of sulfonamides is 1. The molecule has 3 aromatic rings. The van der Waals surface area contributed by atoms with Crippen molar-refractivity contribution in [2.45, 2.75) is 55.4 Å². The van der Waals surface area contributed by atoms with Crippen LogP contribution < -0.4 is 9.47 Å².